The van der Waals surface area contributed by atoms with Crippen LogP contribution >= 0.6 is 24.0 Å². The van der Waals surface area contributed by atoms with Crippen molar-refractivity contribution >= 4 is 29.9 Å². The average Bonchev–Trinajstić information content (AvgIpc) is 3.36. The summed E-state index contributed by atoms with van der Waals surface area (Å²) in [5.41, 5.74) is 4.49. The lowest BCUT2D eigenvalue weighted by atomic mass is 10.1. The Bertz CT molecular complexity index is 937. The van der Waals surface area contributed by atoms with Crippen molar-refractivity contribution in [3.8, 4) is 11.5 Å². The summed E-state index contributed by atoms with van der Waals surface area (Å²) in [5.74, 6) is 2.77. The molecule has 6 heteroatoms. The van der Waals surface area contributed by atoms with Crippen molar-refractivity contribution in [2.24, 2.45) is 10.9 Å². The third kappa shape index (κ3) is 5.59. The molecule has 1 aromatic heterocycles. The van der Waals surface area contributed by atoms with E-state index in [4.69, 9.17) is 4.42 Å². The SMILES string of the molecule is CN=C(NCc1coc(-c2ccc(C)cc2)n1)NCC1CC1c1ccccc1.I. The van der Waals surface area contributed by atoms with E-state index in [-0.39, 0.29) is 24.0 Å². The molecule has 152 valence electrons. The van der Waals surface area contributed by atoms with E-state index in [0.717, 1.165) is 23.8 Å². The number of aromatic nitrogens is 1. The summed E-state index contributed by atoms with van der Waals surface area (Å²) in [7, 11) is 1.79. The smallest absolute Gasteiger partial charge is 0.226 e. The van der Waals surface area contributed by atoms with E-state index in [2.05, 4.69) is 70.0 Å². The van der Waals surface area contributed by atoms with Gasteiger partial charge in [-0.2, -0.15) is 0 Å². The number of aliphatic imine (C=N–C) groups is 1. The maximum absolute atomic E-state index is 5.62. The maximum Gasteiger partial charge on any atom is 0.226 e. The molecule has 0 saturated heterocycles. The van der Waals surface area contributed by atoms with Gasteiger partial charge in [0.25, 0.3) is 0 Å². The van der Waals surface area contributed by atoms with Gasteiger partial charge < -0.3 is 15.1 Å². The molecule has 1 heterocycles. The van der Waals surface area contributed by atoms with E-state index in [0.29, 0.717) is 24.3 Å². The summed E-state index contributed by atoms with van der Waals surface area (Å²) in [6.07, 6.45) is 2.93. The Morgan fingerprint density at radius 3 is 2.59 bits per heavy atom. The number of hydrogen-bond donors (Lipinski definition) is 2. The molecule has 3 aromatic rings. The van der Waals surface area contributed by atoms with Gasteiger partial charge in [0.15, 0.2) is 5.96 Å². The molecule has 5 nitrogen and oxygen atoms in total. The first-order valence-electron chi connectivity index (χ1n) is 9.74. The Kier molecular flexibility index (Phi) is 7.30. The van der Waals surface area contributed by atoms with E-state index in [1.165, 1.54) is 17.5 Å². The number of hydrogen-bond acceptors (Lipinski definition) is 3. The number of guanidine groups is 1. The van der Waals surface area contributed by atoms with Crippen LogP contribution in [0.25, 0.3) is 11.5 Å². The van der Waals surface area contributed by atoms with Crippen LogP contribution in [0.5, 0.6) is 0 Å². The van der Waals surface area contributed by atoms with E-state index in [1.807, 2.05) is 12.1 Å². The fourth-order valence-electron chi connectivity index (χ4n) is 3.42. The molecule has 1 aliphatic rings. The number of aryl methyl sites for hydroxylation is 1. The number of rotatable bonds is 6. The molecular weight excluding hydrogens is 475 g/mol. The summed E-state index contributed by atoms with van der Waals surface area (Å²) < 4.78 is 5.62. The largest absolute Gasteiger partial charge is 0.444 e. The fraction of sp³-hybridized carbons (Fsp3) is 0.304. The van der Waals surface area contributed by atoms with E-state index < -0.39 is 0 Å². The summed E-state index contributed by atoms with van der Waals surface area (Å²) in [5, 5.41) is 6.74. The zero-order chi connectivity index (χ0) is 19.3. The highest BCUT2D eigenvalue weighted by molar-refractivity contribution is 14.0. The van der Waals surface area contributed by atoms with Gasteiger partial charge in [-0.05, 0) is 42.9 Å². The van der Waals surface area contributed by atoms with E-state index in [9.17, 15) is 0 Å². The number of halogens is 1. The van der Waals surface area contributed by atoms with Gasteiger partial charge in [-0.3, -0.25) is 4.99 Å². The summed E-state index contributed by atoms with van der Waals surface area (Å²) in [6, 6.07) is 18.9. The molecule has 1 aliphatic carbocycles. The van der Waals surface area contributed by atoms with Gasteiger partial charge in [0.05, 0.1) is 12.2 Å². The molecule has 29 heavy (non-hydrogen) atoms. The lowest BCUT2D eigenvalue weighted by Crippen LogP contribution is -2.38. The molecule has 0 radical (unpaired) electrons. The van der Waals surface area contributed by atoms with Crippen molar-refractivity contribution in [3.63, 3.8) is 0 Å². The summed E-state index contributed by atoms with van der Waals surface area (Å²) >= 11 is 0. The van der Waals surface area contributed by atoms with Gasteiger partial charge >= 0.3 is 0 Å². The number of benzene rings is 2. The van der Waals surface area contributed by atoms with Crippen molar-refractivity contribution in [2.75, 3.05) is 13.6 Å². The van der Waals surface area contributed by atoms with Gasteiger partial charge in [0, 0.05) is 19.2 Å². The Labute approximate surface area is 189 Å². The van der Waals surface area contributed by atoms with Crippen LogP contribution < -0.4 is 10.6 Å². The molecule has 0 bridgehead atoms. The third-order valence-electron chi connectivity index (χ3n) is 5.19. The van der Waals surface area contributed by atoms with Gasteiger partial charge in [0.1, 0.15) is 6.26 Å². The molecule has 0 aliphatic heterocycles. The second kappa shape index (κ2) is 9.91. The van der Waals surface area contributed by atoms with E-state index in [1.54, 1.807) is 13.3 Å². The van der Waals surface area contributed by atoms with Crippen LogP contribution in [0.1, 0.15) is 29.2 Å². The molecule has 2 atom stereocenters. The first-order valence-corrected chi connectivity index (χ1v) is 9.74. The number of oxazole rings is 1. The minimum absolute atomic E-state index is 0. The maximum atomic E-state index is 5.62. The van der Waals surface area contributed by atoms with Crippen LogP contribution in [0.3, 0.4) is 0 Å². The van der Waals surface area contributed by atoms with E-state index >= 15 is 0 Å². The third-order valence-corrected chi connectivity index (χ3v) is 5.19. The highest BCUT2D eigenvalue weighted by Gasteiger charge is 2.37. The molecular formula is C23H27IN4O. The van der Waals surface area contributed by atoms with Crippen molar-refractivity contribution in [2.45, 2.75) is 25.8 Å². The van der Waals surface area contributed by atoms with Crippen LogP contribution in [0.2, 0.25) is 0 Å². The molecule has 2 N–H and O–H groups in total. The second-order valence-corrected chi connectivity index (χ2v) is 7.33. The number of nitrogens with zero attached hydrogens (tertiary/aromatic N) is 2. The Morgan fingerprint density at radius 1 is 1.10 bits per heavy atom. The van der Waals surface area contributed by atoms with Gasteiger partial charge in [-0.1, -0.05) is 48.0 Å². The standard InChI is InChI=1S/C23H26N4O.HI/c1-16-8-10-18(11-9-16)22-27-20(15-28-22)14-26-23(24-2)25-13-19-12-21(19)17-6-4-3-5-7-17;/h3-11,15,19,21H,12-14H2,1-2H3,(H2,24,25,26);1H. The van der Waals surface area contributed by atoms with Crippen LogP contribution in [0.4, 0.5) is 0 Å². The van der Waals surface area contributed by atoms with Gasteiger partial charge in [-0.15, -0.1) is 24.0 Å². The first kappa shape index (κ1) is 21.4. The minimum atomic E-state index is 0. The highest BCUT2D eigenvalue weighted by Crippen LogP contribution is 2.46. The monoisotopic (exact) mass is 502 g/mol. The Hall–Kier alpha value is -2.35. The lowest BCUT2D eigenvalue weighted by molar-refractivity contribution is 0.572. The molecule has 1 saturated carbocycles. The van der Waals surface area contributed by atoms with Crippen LogP contribution in [-0.2, 0) is 6.54 Å². The normalized spacial score (nSPS) is 18.1. The molecule has 0 spiro atoms. The number of nitrogens with one attached hydrogen (secondary N) is 2. The predicted octanol–water partition coefficient (Wildman–Crippen LogP) is 4.74. The minimum Gasteiger partial charge on any atom is -0.444 e. The molecule has 2 aromatic carbocycles. The van der Waals surface area contributed by atoms with Crippen LogP contribution in [0, 0.1) is 12.8 Å². The quantitative estimate of drug-likeness (QED) is 0.291. The average molecular weight is 502 g/mol. The molecule has 2 unspecified atom stereocenters. The first-order chi connectivity index (χ1) is 13.7. The second-order valence-electron chi connectivity index (χ2n) is 7.33. The van der Waals surface area contributed by atoms with Crippen molar-refractivity contribution < 1.29 is 4.42 Å². The summed E-state index contributed by atoms with van der Waals surface area (Å²) in [6.45, 7) is 3.56. The van der Waals surface area contributed by atoms with Crippen LogP contribution in [0.15, 0.2) is 70.3 Å². The Morgan fingerprint density at radius 2 is 1.86 bits per heavy atom. The van der Waals surface area contributed by atoms with Crippen molar-refractivity contribution in [1.29, 1.82) is 0 Å². The van der Waals surface area contributed by atoms with Crippen molar-refractivity contribution in [1.82, 2.24) is 15.6 Å². The molecule has 4 rings (SSSR count). The zero-order valence-corrected chi connectivity index (χ0v) is 19.1. The Balaban J connectivity index is 0.00000240. The fourth-order valence-corrected chi connectivity index (χ4v) is 3.42. The lowest BCUT2D eigenvalue weighted by Gasteiger charge is -2.10. The highest BCUT2D eigenvalue weighted by atomic mass is 127. The van der Waals surface area contributed by atoms with Crippen LogP contribution in [-0.4, -0.2) is 24.5 Å². The van der Waals surface area contributed by atoms with Gasteiger partial charge in [0.2, 0.25) is 5.89 Å². The van der Waals surface area contributed by atoms with Gasteiger partial charge in [-0.25, -0.2) is 4.98 Å². The zero-order valence-electron chi connectivity index (χ0n) is 16.8. The molecule has 1 fully saturated rings. The predicted molar refractivity (Wildman–Crippen MR) is 128 cm³/mol. The topological polar surface area (TPSA) is 62.5 Å². The summed E-state index contributed by atoms with van der Waals surface area (Å²) in [4.78, 5) is 8.88. The van der Waals surface area contributed by atoms with Crippen molar-refractivity contribution in [3.05, 3.63) is 77.7 Å². The molecule has 0 amide bonds.